The second kappa shape index (κ2) is 6.04. The monoisotopic (exact) mass is 344 g/mol. The Kier molecular flexibility index (Phi) is 4.64. The maximum absolute atomic E-state index is 12.2. The molecule has 0 bridgehead atoms. The number of rotatable bonds is 3. The van der Waals surface area contributed by atoms with Crippen molar-refractivity contribution >= 4 is 56.2 Å². The van der Waals surface area contributed by atoms with Gasteiger partial charge in [0.1, 0.15) is 0 Å². The maximum atomic E-state index is 12.2. The average molecular weight is 345 g/mol. The fourth-order valence-electron chi connectivity index (χ4n) is 1.57. The van der Waals surface area contributed by atoms with Crippen molar-refractivity contribution in [3.8, 4) is 0 Å². The lowest BCUT2D eigenvalue weighted by molar-refractivity contribution is -0.122. The van der Waals surface area contributed by atoms with Gasteiger partial charge in [0.2, 0.25) is 0 Å². The van der Waals surface area contributed by atoms with Gasteiger partial charge in [-0.2, -0.15) is 0 Å². The Morgan fingerprint density at radius 3 is 2.83 bits per heavy atom. The van der Waals surface area contributed by atoms with Gasteiger partial charge in [-0.1, -0.05) is 0 Å². The lowest BCUT2D eigenvalue weighted by atomic mass is 10.4. The van der Waals surface area contributed by atoms with Crippen LogP contribution in [0.25, 0.3) is 6.08 Å². The zero-order chi connectivity index (χ0) is 13.1. The topological polar surface area (TPSA) is 32.7 Å². The quantitative estimate of drug-likeness (QED) is 0.780. The van der Waals surface area contributed by atoms with Crippen LogP contribution in [0.3, 0.4) is 0 Å². The second-order valence-electron chi connectivity index (χ2n) is 3.58. The number of thioether (sulfide) groups is 1. The number of amidine groups is 1. The van der Waals surface area contributed by atoms with E-state index in [-0.39, 0.29) is 5.91 Å². The highest BCUT2D eigenvalue weighted by Gasteiger charge is 2.31. The molecule has 1 amide bonds. The summed E-state index contributed by atoms with van der Waals surface area (Å²) in [7, 11) is 0. The fraction of sp³-hybridized carbons (Fsp3) is 0.333. The zero-order valence-electron chi connectivity index (χ0n) is 10.1. The number of hydrogen-bond donors (Lipinski definition) is 0. The Morgan fingerprint density at radius 2 is 2.28 bits per heavy atom. The largest absolute Gasteiger partial charge is 0.287 e. The molecule has 1 aromatic rings. The molecule has 1 aliphatic heterocycles. The molecule has 0 unspecified atom stereocenters. The van der Waals surface area contributed by atoms with Crippen molar-refractivity contribution in [1.82, 2.24) is 4.90 Å². The first-order valence-electron chi connectivity index (χ1n) is 5.65. The molecule has 0 radical (unpaired) electrons. The van der Waals surface area contributed by atoms with E-state index >= 15 is 0 Å². The van der Waals surface area contributed by atoms with E-state index in [0.29, 0.717) is 13.1 Å². The predicted molar refractivity (Wildman–Crippen MR) is 83.0 cm³/mol. The van der Waals surface area contributed by atoms with Crippen LogP contribution in [0, 0.1) is 0 Å². The van der Waals surface area contributed by atoms with E-state index in [9.17, 15) is 4.79 Å². The van der Waals surface area contributed by atoms with Gasteiger partial charge < -0.3 is 0 Å². The minimum atomic E-state index is 0.0548. The van der Waals surface area contributed by atoms with E-state index in [4.69, 9.17) is 0 Å². The Labute approximate surface area is 123 Å². The van der Waals surface area contributed by atoms with E-state index in [1.807, 2.05) is 31.4 Å². The second-order valence-corrected chi connectivity index (χ2v) is 6.45. The Morgan fingerprint density at radius 1 is 1.50 bits per heavy atom. The normalized spacial score (nSPS) is 20.4. The number of thiophene rings is 1. The third-order valence-electron chi connectivity index (χ3n) is 2.36. The lowest BCUT2D eigenvalue weighted by Gasteiger charge is -2.11. The van der Waals surface area contributed by atoms with Crippen molar-refractivity contribution < 1.29 is 4.79 Å². The van der Waals surface area contributed by atoms with E-state index < -0.39 is 0 Å². The Bertz CT molecular complexity index is 522. The van der Waals surface area contributed by atoms with Gasteiger partial charge in [-0.3, -0.25) is 14.7 Å². The molecule has 0 spiro atoms. The third kappa shape index (κ3) is 2.87. The summed E-state index contributed by atoms with van der Waals surface area (Å²) < 4.78 is 1.05. The number of likely N-dealkylation sites (N-methyl/N-ethyl adjacent to an activating group) is 1. The van der Waals surface area contributed by atoms with Crippen molar-refractivity contribution in [2.45, 2.75) is 13.8 Å². The van der Waals surface area contributed by atoms with Gasteiger partial charge in [0.05, 0.1) is 4.91 Å². The van der Waals surface area contributed by atoms with E-state index in [2.05, 4.69) is 20.9 Å². The van der Waals surface area contributed by atoms with Gasteiger partial charge in [0, 0.05) is 27.8 Å². The van der Waals surface area contributed by atoms with Gasteiger partial charge in [-0.15, -0.1) is 11.3 Å². The van der Waals surface area contributed by atoms with Crippen LogP contribution in [-0.4, -0.2) is 29.1 Å². The van der Waals surface area contributed by atoms with Crippen LogP contribution in [0.5, 0.6) is 0 Å². The molecular formula is C12H13BrN2OS2. The fourth-order valence-corrected chi connectivity index (χ4v) is 4.12. The molecule has 3 nitrogen and oxygen atoms in total. The molecule has 96 valence electrons. The van der Waals surface area contributed by atoms with Gasteiger partial charge in [0.15, 0.2) is 5.17 Å². The summed E-state index contributed by atoms with van der Waals surface area (Å²) in [6, 6.07) is 2.01. The summed E-state index contributed by atoms with van der Waals surface area (Å²) in [5.74, 6) is 0.0548. The first-order chi connectivity index (χ1) is 8.65. The molecule has 0 N–H and O–H groups in total. The third-order valence-corrected chi connectivity index (χ3v) is 5.04. The highest BCUT2D eigenvalue weighted by molar-refractivity contribution is 9.10. The summed E-state index contributed by atoms with van der Waals surface area (Å²) in [5, 5.41) is 2.82. The number of carbonyl (C=O) groups is 1. The highest BCUT2D eigenvalue weighted by atomic mass is 79.9. The molecule has 1 fully saturated rings. The first kappa shape index (κ1) is 13.8. The van der Waals surface area contributed by atoms with Crippen molar-refractivity contribution in [3.05, 3.63) is 25.7 Å². The number of hydrogen-bond acceptors (Lipinski definition) is 4. The number of amides is 1. The molecule has 1 aromatic heterocycles. The standard InChI is InChI=1S/C12H13BrN2OS2/c1-3-14-12-15(4-2)11(16)10(18-12)6-9-5-8(13)7-17-9/h5-7H,3-4H2,1-2H3/b10-6-,14-12?. The predicted octanol–water partition coefficient (Wildman–Crippen LogP) is 3.82. The zero-order valence-corrected chi connectivity index (χ0v) is 13.4. The van der Waals surface area contributed by atoms with Gasteiger partial charge >= 0.3 is 0 Å². The molecule has 2 heterocycles. The van der Waals surface area contributed by atoms with Crippen LogP contribution < -0.4 is 0 Å². The molecule has 0 saturated carbocycles. The number of aliphatic imine (C=N–C) groups is 1. The number of nitrogens with zero attached hydrogens (tertiary/aromatic N) is 2. The summed E-state index contributed by atoms with van der Waals surface area (Å²) >= 11 is 6.49. The minimum Gasteiger partial charge on any atom is -0.287 e. The van der Waals surface area contributed by atoms with Gasteiger partial charge in [-0.25, -0.2) is 0 Å². The summed E-state index contributed by atoms with van der Waals surface area (Å²) in [6.45, 7) is 5.30. The molecule has 2 rings (SSSR count). The van der Waals surface area contributed by atoms with Crippen LogP contribution in [0.1, 0.15) is 18.7 Å². The minimum absolute atomic E-state index is 0.0548. The SMILES string of the molecule is CCN=C1S/C(=C\c2cc(Br)cs2)C(=O)N1CC. The van der Waals surface area contributed by atoms with E-state index in [1.165, 1.54) is 11.8 Å². The molecule has 6 heteroatoms. The van der Waals surface area contributed by atoms with Crippen molar-refractivity contribution in [3.63, 3.8) is 0 Å². The smallest absolute Gasteiger partial charge is 0.266 e. The van der Waals surface area contributed by atoms with Gasteiger partial charge in [0.25, 0.3) is 5.91 Å². The first-order valence-corrected chi connectivity index (χ1v) is 8.14. The van der Waals surface area contributed by atoms with Crippen LogP contribution in [0.4, 0.5) is 0 Å². The highest BCUT2D eigenvalue weighted by Crippen LogP contribution is 2.33. The molecule has 0 aromatic carbocycles. The summed E-state index contributed by atoms with van der Waals surface area (Å²) in [4.78, 5) is 20.1. The van der Waals surface area contributed by atoms with Crippen LogP contribution in [0.2, 0.25) is 0 Å². The summed E-state index contributed by atoms with van der Waals surface area (Å²) in [5.41, 5.74) is 0. The van der Waals surface area contributed by atoms with Crippen LogP contribution in [-0.2, 0) is 4.79 Å². The number of halogens is 1. The van der Waals surface area contributed by atoms with Crippen molar-refractivity contribution in [2.24, 2.45) is 4.99 Å². The Hall–Kier alpha value is -0.590. The average Bonchev–Trinajstić information content (AvgIpc) is 2.86. The molecule has 0 aliphatic carbocycles. The molecule has 0 atom stereocenters. The molecule has 1 aliphatic rings. The van der Waals surface area contributed by atoms with Gasteiger partial charge in [-0.05, 0) is 53.7 Å². The Balaban J connectivity index is 2.28. The van der Waals surface area contributed by atoms with E-state index in [0.717, 1.165) is 19.4 Å². The number of carbonyl (C=O) groups excluding carboxylic acids is 1. The maximum Gasteiger partial charge on any atom is 0.266 e. The molecular weight excluding hydrogens is 332 g/mol. The molecule has 18 heavy (non-hydrogen) atoms. The van der Waals surface area contributed by atoms with Crippen LogP contribution >= 0.6 is 39.0 Å². The van der Waals surface area contributed by atoms with Crippen molar-refractivity contribution in [1.29, 1.82) is 0 Å². The molecule has 1 saturated heterocycles. The van der Waals surface area contributed by atoms with E-state index in [1.54, 1.807) is 16.2 Å². The summed E-state index contributed by atoms with van der Waals surface area (Å²) in [6.07, 6.45) is 1.93. The lowest BCUT2D eigenvalue weighted by Crippen LogP contribution is -2.28. The van der Waals surface area contributed by atoms with Crippen molar-refractivity contribution in [2.75, 3.05) is 13.1 Å². The van der Waals surface area contributed by atoms with Crippen LogP contribution in [0.15, 0.2) is 25.8 Å².